The van der Waals surface area contributed by atoms with E-state index in [2.05, 4.69) is 30.9 Å². The molecule has 0 amide bonds. The number of rotatable bonds is 1. The zero-order chi connectivity index (χ0) is 11.0. The molecule has 0 unspecified atom stereocenters. The third kappa shape index (κ3) is 1.72. The summed E-state index contributed by atoms with van der Waals surface area (Å²) in [6.07, 6.45) is 3.35. The van der Waals surface area contributed by atoms with Crippen LogP contribution in [0.2, 0.25) is 0 Å². The molecule has 0 radical (unpaired) electrons. The van der Waals surface area contributed by atoms with E-state index in [1.807, 2.05) is 18.4 Å². The monoisotopic (exact) mass is 267 g/mol. The van der Waals surface area contributed by atoms with Gasteiger partial charge in [0.05, 0.1) is 10.2 Å². The molecule has 0 fully saturated rings. The minimum absolute atomic E-state index is 0.249. The average Bonchev–Trinajstić information content (AvgIpc) is 2.52. The van der Waals surface area contributed by atoms with Crippen LogP contribution in [0.25, 0.3) is 5.82 Å². The topological polar surface area (TPSA) is 69.6 Å². The fourth-order valence-corrected chi connectivity index (χ4v) is 1.63. The van der Waals surface area contributed by atoms with E-state index in [1.165, 1.54) is 0 Å². The number of halogens is 1. The average molecular weight is 268 g/mol. The maximum atomic E-state index is 5.54. The lowest BCUT2D eigenvalue weighted by Crippen LogP contribution is -2.04. The Labute approximate surface area is 95.5 Å². The SMILES string of the molecule is Cc1ncn(-c2nc(N)ncc2Br)c1C. The van der Waals surface area contributed by atoms with Crippen LogP contribution < -0.4 is 5.73 Å². The number of aryl methyl sites for hydroxylation is 1. The van der Waals surface area contributed by atoms with Crippen molar-refractivity contribution in [3.63, 3.8) is 0 Å². The second-order valence-corrected chi connectivity index (χ2v) is 4.04. The first-order valence-corrected chi connectivity index (χ1v) is 5.18. The van der Waals surface area contributed by atoms with E-state index in [0.717, 1.165) is 15.9 Å². The van der Waals surface area contributed by atoms with E-state index in [1.54, 1.807) is 12.5 Å². The fraction of sp³-hybridized carbons (Fsp3) is 0.222. The van der Waals surface area contributed by atoms with Crippen LogP contribution in [0.3, 0.4) is 0 Å². The Balaban J connectivity index is 2.63. The third-order valence-electron chi connectivity index (χ3n) is 2.22. The number of hydrogen-bond acceptors (Lipinski definition) is 4. The summed E-state index contributed by atoms with van der Waals surface area (Å²) in [6.45, 7) is 3.93. The van der Waals surface area contributed by atoms with Crippen molar-refractivity contribution < 1.29 is 0 Å². The van der Waals surface area contributed by atoms with Crippen molar-refractivity contribution >= 4 is 21.9 Å². The highest BCUT2D eigenvalue weighted by molar-refractivity contribution is 9.10. The molecule has 0 spiro atoms. The number of aromatic nitrogens is 4. The molecule has 6 heteroatoms. The fourth-order valence-electron chi connectivity index (χ4n) is 1.25. The lowest BCUT2D eigenvalue weighted by molar-refractivity contribution is 0.931. The molecule has 2 rings (SSSR count). The van der Waals surface area contributed by atoms with Crippen LogP contribution in [-0.2, 0) is 0 Å². The first kappa shape index (κ1) is 10.1. The first-order valence-electron chi connectivity index (χ1n) is 4.38. The summed E-state index contributed by atoms with van der Waals surface area (Å²) in [5.41, 5.74) is 7.55. The van der Waals surface area contributed by atoms with Gasteiger partial charge in [-0.05, 0) is 29.8 Å². The maximum absolute atomic E-state index is 5.54. The Morgan fingerprint density at radius 2 is 2.07 bits per heavy atom. The summed E-state index contributed by atoms with van der Waals surface area (Å²) in [4.78, 5) is 12.3. The van der Waals surface area contributed by atoms with Crippen molar-refractivity contribution in [1.29, 1.82) is 0 Å². The predicted octanol–water partition coefficient (Wildman–Crippen LogP) is 1.62. The van der Waals surface area contributed by atoms with Crippen LogP contribution >= 0.6 is 15.9 Å². The van der Waals surface area contributed by atoms with Gasteiger partial charge in [-0.1, -0.05) is 0 Å². The number of nitrogens with zero attached hydrogens (tertiary/aromatic N) is 4. The van der Waals surface area contributed by atoms with Gasteiger partial charge in [0.2, 0.25) is 5.95 Å². The van der Waals surface area contributed by atoms with E-state index in [9.17, 15) is 0 Å². The molecule has 0 aliphatic rings. The number of nitrogen functional groups attached to an aromatic ring is 1. The summed E-state index contributed by atoms with van der Waals surface area (Å²) >= 11 is 3.38. The Kier molecular flexibility index (Phi) is 2.44. The molecule has 2 heterocycles. The lowest BCUT2D eigenvalue weighted by atomic mass is 10.4. The second-order valence-electron chi connectivity index (χ2n) is 3.19. The van der Waals surface area contributed by atoms with E-state index in [-0.39, 0.29) is 5.95 Å². The van der Waals surface area contributed by atoms with Gasteiger partial charge in [0, 0.05) is 11.9 Å². The Morgan fingerprint density at radius 3 is 2.67 bits per heavy atom. The van der Waals surface area contributed by atoms with Crippen LogP contribution in [0.4, 0.5) is 5.95 Å². The molecule has 0 bridgehead atoms. The van der Waals surface area contributed by atoms with Crippen LogP contribution in [0.1, 0.15) is 11.4 Å². The molecule has 2 N–H and O–H groups in total. The van der Waals surface area contributed by atoms with Gasteiger partial charge in [0.15, 0.2) is 5.82 Å². The zero-order valence-electron chi connectivity index (χ0n) is 8.40. The molecule has 0 aliphatic carbocycles. The zero-order valence-corrected chi connectivity index (χ0v) is 9.98. The highest BCUT2D eigenvalue weighted by atomic mass is 79.9. The molecule has 5 nitrogen and oxygen atoms in total. The molecule has 0 aromatic carbocycles. The number of imidazole rings is 1. The van der Waals surface area contributed by atoms with Crippen molar-refractivity contribution in [3.05, 3.63) is 28.4 Å². The summed E-state index contributed by atoms with van der Waals surface area (Å²) in [7, 11) is 0. The maximum Gasteiger partial charge on any atom is 0.222 e. The molecular formula is C9H10BrN5. The second kappa shape index (κ2) is 3.62. The predicted molar refractivity (Wildman–Crippen MR) is 60.7 cm³/mol. The number of hydrogen-bond donors (Lipinski definition) is 1. The standard InChI is InChI=1S/C9H10BrN5/c1-5-6(2)15(4-13-5)8-7(10)3-12-9(11)14-8/h3-4H,1-2H3,(H2,11,12,14). The van der Waals surface area contributed by atoms with Gasteiger partial charge in [0.1, 0.15) is 6.33 Å². The van der Waals surface area contributed by atoms with Crippen molar-refractivity contribution in [2.75, 3.05) is 5.73 Å². The summed E-state index contributed by atoms with van der Waals surface area (Å²) in [5, 5.41) is 0. The molecule has 2 aromatic rings. The normalized spacial score (nSPS) is 10.6. The Bertz CT molecular complexity index is 505. The van der Waals surface area contributed by atoms with E-state index in [0.29, 0.717) is 5.82 Å². The van der Waals surface area contributed by atoms with Gasteiger partial charge in [-0.15, -0.1) is 0 Å². The Hall–Kier alpha value is -1.43. The van der Waals surface area contributed by atoms with Crippen LogP contribution in [-0.4, -0.2) is 19.5 Å². The first-order chi connectivity index (χ1) is 7.09. The molecule has 0 aliphatic heterocycles. The molecule has 0 saturated carbocycles. The van der Waals surface area contributed by atoms with E-state index in [4.69, 9.17) is 5.73 Å². The molecule has 0 saturated heterocycles. The third-order valence-corrected chi connectivity index (χ3v) is 2.78. The highest BCUT2D eigenvalue weighted by Crippen LogP contribution is 2.20. The van der Waals surface area contributed by atoms with Gasteiger partial charge in [-0.25, -0.2) is 9.97 Å². The van der Waals surface area contributed by atoms with Crippen LogP contribution in [0.5, 0.6) is 0 Å². The van der Waals surface area contributed by atoms with Crippen molar-refractivity contribution in [2.24, 2.45) is 0 Å². The number of nitrogens with two attached hydrogens (primary N) is 1. The summed E-state index contributed by atoms with van der Waals surface area (Å²) in [5.74, 6) is 0.958. The molecule has 15 heavy (non-hydrogen) atoms. The van der Waals surface area contributed by atoms with Crippen molar-refractivity contribution in [3.8, 4) is 5.82 Å². The largest absolute Gasteiger partial charge is 0.368 e. The molecule has 2 aromatic heterocycles. The van der Waals surface area contributed by atoms with Gasteiger partial charge in [-0.2, -0.15) is 4.98 Å². The van der Waals surface area contributed by atoms with Gasteiger partial charge >= 0.3 is 0 Å². The minimum Gasteiger partial charge on any atom is -0.368 e. The Morgan fingerprint density at radius 1 is 1.33 bits per heavy atom. The van der Waals surface area contributed by atoms with E-state index < -0.39 is 0 Å². The van der Waals surface area contributed by atoms with Gasteiger partial charge < -0.3 is 5.73 Å². The summed E-state index contributed by atoms with van der Waals surface area (Å²) < 4.78 is 2.66. The molecular weight excluding hydrogens is 258 g/mol. The van der Waals surface area contributed by atoms with E-state index >= 15 is 0 Å². The summed E-state index contributed by atoms with van der Waals surface area (Å²) in [6, 6.07) is 0. The van der Waals surface area contributed by atoms with Gasteiger partial charge in [-0.3, -0.25) is 4.57 Å². The highest BCUT2D eigenvalue weighted by Gasteiger charge is 2.09. The minimum atomic E-state index is 0.249. The number of anilines is 1. The van der Waals surface area contributed by atoms with Crippen LogP contribution in [0.15, 0.2) is 17.0 Å². The van der Waals surface area contributed by atoms with Crippen molar-refractivity contribution in [2.45, 2.75) is 13.8 Å². The quantitative estimate of drug-likeness (QED) is 0.853. The molecule has 78 valence electrons. The van der Waals surface area contributed by atoms with Crippen molar-refractivity contribution in [1.82, 2.24) is 19.5 Å². The lowest BCUT2D eigenvalue weighted by Gasteiger charge is -2.06. The van der Waals surface area contributed by atoms with Gasteiger partial charge in [0.25, 0.3) is 0 Å². The molecule has 0 atom stereocenters. The van der Waals surface area contributed by atoms with Crippen LogP contribution in [0, 0.1) is 13.8 Å². The smallest absolute Gasteiger partial charge is 0.222 e.